The summed E-state index contributed by atoms with van der Waals surface area (Å²) >= 11 is 3.80. The molecule has 102 valence electrons. The Morgan fingerprint density at radius 2 is 2.16 bits per heavy atom. The zero-order valence-corrected chi connectivity index (χ0v) is 13.0. The van der Waals surface area contributed by atoms with E-state index in [4.69, 9.17) is 0 Å². The van der Waals surface area contributed by atoms with Crippen LogP contribution in [0.1, 0.15) is 23.8 Å². The molecule has 2 aromatic rings. The van der Waals surface area contributed by atoms with Gasteiger partial charge in [-0.05, 0) is 48.5 Å². The monoisotopic (exact) mass is 291 g/mol. The van der Waals surface area contributed by atoms with Crippen LogP contribution in [0.3, 0.4) is 0 Å². The van der Waals surface area contributed by atoms with Gasteiger partial charge in [0.25, 0.3) is 0 Å². The van der Waals surface area contributed by atoms with E-state index in [1.165, 1.54) is 28.2 Å². The average molecular weight is 291 g/mol. The van der Waals surface area contributed by atoms with Crippen LogP contribution in [0.4, 0.5) is 0 Å². The Labute approximate surface area is 124 Å². The number of rotatable bonds is 8. The molecule has 1 aromatic carbocycles. The molecule has 0 radical (unpaired) electrons. The van der Waals surface area contributed by atoms with Gasteiger partial charge in [0, 0.05) is 22.1 Å². The van der Waals surface area contributed by atoms with Crippen LogP contribution in [0.25, 0.3) is 0 Å². The molecule has 1 N–H and O–H groups in total. The van der Waals surface area contributed by atoms with E-state index in [2.05, 4.69) is 54.0 Å². The summed E-state index contributed by atoms with van der Waals surface area (Å²) < 4.78 is 0. The SMILES string of the molecule is CCCNCc1cccc(SCCc2cccs2)c1. The van der Waals surface area contributed by atoms with E-state index in [-0.39, 0.29) is 0 Å². The van der Waals surface area contributed by atoms with E-state index in [9.17, 15) is 0 Å². The maximum Gasteiger partial charge on any atom is 0.0205 e. The van der Waals surface area contributed by atoms with Crippen molar-refractivity contribution in [3.8, 4) is 0 Å². The number of hydrogen-bond acceptors (Lipinski definition) is 3. The van der Waals surface area contributed by atoms with Gasteiger partial charge in [0.15, 0.2) is 0 Å². The van der Waals surface area contributed by atoms with Crippen molar-refractivity contribution < 1.29 is 0 Å². The maximum atomic E-state index is 3.45. The summed E-state index contributed by atoms with van der Waals surface area (Å²) in [4.78, 5) is 2.86. The first-order valence-corrected chi connectivity index (χ1v) is 8.70. The molecule has 1 aromatic heterocycles. The van der Waals surface area contributed by atoms with Crippen molar-refractivity contribution in [3.63, 3.8) is 0 Å². The molecule has 3 heteroatoms. The van der Waals surface area contributed by atoms with E-state index < -0.39 is 0 Å². The first kappa shape index (κ1) is 14.6. The Hall–Kier alpha value is -0.770. The summed E-state index contributed by atoms with van der Waals surface area (Å²) in [5.41, 5.74) is 1.38. The summed E-state index contributed by atoms with van der Waals surface area (Å²) in [5.74, 6) is 1.16. The topological polar surface area (TPSA) is 12.0 Å². The maximum absolute atomic E-state index is 3.45. The lowest BCUT2D eigenvalue weighted by atomic mass is 10.2. The van der Waals surface area contributed by atoms with Gasteiger partial charge >= 0.3 is 0 Å². The van der Waals surface area contributed by atoms with Gasteiger partial charge in [0.05, 0.1) is 0 Å². The second-order valence-corrected chi connectivity index (χ2v) is 6.70. The summed E-state index contributed by atoms with van der Waals surface area (Å²) in [7, 11) is 0. The van der Waals surface area contributed by atoms with Gasteiger partial charge in [-0.1, -0.05) is 25.1 Å². The summed E-state index contributed by atoms with van der Waals surface area (Å²) in [5, 5.41) is 5.60. The number of aryl methyl sites for hydroxylation is 1. The lowest BCUT2D eigenvalue weighted by Crippen LogP contribution is -2.13. The zero-order valence-electron chi connectivity index (χ0n) is 11.4. The molecule has 0 aliphatic rings. The highest BCUT2D eigenvalue weighted by atomic mass is 32.2. The van der Waals surface area contributed by atoms with Crippen LogP contribution < -0.4 is 5.32 Å². The smallest absolute Gasteiger partial charge is 0.0205 e. The fraction of sp³-hybridized carbons (Fsp3) is 0.375. The first-order valence-electron chi connectivity index (χ1n) is 6.83. The molecule has 0 spiro atoms. The Balaban J connectivity index is 1.78. The van der Waals surface area contributed by atoms with Crippen molar-refractivity contribution in [2.24, 2.45) is 0 Å². The second-order valence-electron chi connectivity index (χ2n) is 4.50. The van der Waals surface area contributed by atoms with E-state index in [0.717, 1.165) is 18.8 Å². The van der Waals surface area contributed by atoms with Crippen molar-refractivity contribution in [2.75, 3.05) is 12.3 Å². The number of nitrogens with one attached hydrogen (secondary N) is 1. The summed E-state index contributed by atoms with van der Waals surface area (Å²) in [6, 6.07) is 13.2. The standard InChI is InChI=1S/C16H21NS2/c1-2-9-17-13-14-5-3-6-16(12-14)19-11-8-15-7-4-10-18-15/h3-7,10,12,17H,2,8-9,11,13H2,1H3. The van der Waals surface area contributed by atoms with E-state index in [0.29, 0.717) is 0 Å². The minimum Gasteiger partial charge on any atom is -0.313 e. The van der Waals surface area contributed by atoms with Crippen LogP contribution in [0, 0.1) is 0 Å². The van der Waals surface area contributed by atoms with E-state index in [1.54, 1.807) is 0 Å². The number of thiophene rings is 1. The van der Waals surface area contributed by atoms with Gasteiger partial charge in [-0.2, -0.15) is 0 Å². The lowest BCUT2D eigenvalue weighted by Gasteiger charge is -2.06. The van der Waals surface area contributed by atoms with Gasteiger partial charge in [-0.15, -0.1) is 23.1 Å². The van der Waals surface area contributed by atoms with Crippen LogP contribution in [0.2, 0.25) is 0 Å². The number of benzene rings is 1. The Morgan fingerprint density at radius 1 is 1.21 bits per heavy atom. The molecular formula is C16H21NS2. The molecule has 0 aliphatic heterocycles. The van der Waals surface area contributed by atoms with Crippen molar-refractivity contribution >= 4 is 23.1 Å². The molecule has 0 fully saturated rings. The molecule has 1 heterocycles. The Morgan fingerprint density at radius 3 is 2.95 bits per heavy atom. The third-order valence-electron chi connectivity index (χ3n) is 2.85. The predicted octanol–water partition coefficient (Wildman–Crippen LogP) is 4.58. The molecule has 0 saturated carbocycles. The fourth-order valence-electron chi connectivity index (χ4n) is 1.88. The number of thioether (sulfide) groups is 1. The largest absolute Gasteiger partial charge is 0.313 e. The Bertz CT molecular complexity index is 465. The third kappa shape index (κ3) is 5.39. The van der Waals surface area contributed by atoms with Crippen LogP contribution >= 0.6 is 23.1 Å². The van der Waals surface area contributed by atoms with Gasteiger partial charge < -0.3 is 5.32 Å². The van der Waals surface area contributed by atoms with Gasteiger partial charge in [-0.25, -0.2) is 0 Å². The number of hydrogen-bond donors (Lipinski definition) is 1. The van der Waals surface area contributed by atoms with Crippen LogP contribution in [0.5, 0.6) is 0 Å². The summed E-state index contributed by atoms with van der Waals surface area (Å²) in [6.45, 7) is 4.27. The van der Waals surface area contributed by atoms with Crippen molar-refractivity contribution in [1.82, 2.24) is 5.32 Å². The minimum absolute atomic E-state index is 0.979. The predicted molar refractivity (Wildman–Crippen MR) is 87.2 cm³/mol. The second kappa shape index (κ2) is 8.41. The van der Waals surface area contributed by atoms with Crippen molar-refractivity contribution in [1.29, 1.82) is 0 Å². The van der Waals surface area contributed by atoms with Crippen LogP contribution in [-0.2, 0) is 13.0 Å². The molecule has 0 amide bonds. The molecule has 0 saturated heterocycles. The quantitative estimate of drug-likeness (QED) is 0.564. The highest BCUT2D eigenvalue weighted by molar-refractivity contribution is 7.99. The average Bonchev–Trinajstić information content (AvgIpc) is 2.93. The van der Waals surface area contributed by atoms with E-state index >= 15 is 0 Å². The van der Waals surface area contributed by atoms with Crippen molar-refractivity contribution in [2.45, 2.75) is 31.2 Å². The molecular weight excluding hydrogens is 270 g/mol. The molecule has 0 aliphatic carbocycles. The minimum atomic E-state index is 0.979. The zero-order chi connectivity index (χ0) is 13.3. The molecule has 0 unspecified atom stereocenters. The first-order chi connectivity index (χ1) is 9.38. The molecule has 2 rings (SSSR count). The van der Waals surface area contributed by atoms with Crippen LogP contribution in [0.15, 0.2) is 46.7 Å². The fourth-order valence-corrected chi connectivity index (χ4v) is 3.68. The normalized spacial score (nSPS) is 10.8. The molecule has 19 heavy (non-hydrogen) atoms. The van der Waals surface area contributed by atoms with E-state index in [1.807, 2.05) is 23.1 Å². The van der Waals surface area contributed by atoms with Gasteiger partial charge in [-0.3, -0.25) is 0 Å². The van der Waals surface area contributed by atoms with Crippen molar-refractivity contribution in [3.05, 3.63) is 52.2 Å². The Kier molecular flexibility index (Phi) is 6.48. The lowest BCUT2D eigenvalue weighted by molar-refractivity contribution is 0.674. The van der Waals surface area contributed by atoms with Gasteiger partial charge in [0.2, 0.25) is 0 Å². The highest BCUT2D eigenvalue weighted by Crippen LogP contribution is 2.21. The van der Waals surface area contributed by atoms with Crippen LogP contribution in [-0.4, -0.2) is 12.3 Å². The molecule has 0 bridgehead atoms. The molecule has 0 atom stereocenters. The highest BCUT2D eigenvalue weighted by Gasteiger charge is 1.99. The summed E-state index contributed by atoms with van der Waals surface area (Å²) in [6.07, 6.45) is 2.36. The van der Waals surface area contributed by atoms with Gasteiger partial charge in [0.1, 0.15) is 0 Å². The third-order valence-corrected chi connectivity index (χ3v) is 4.78. The molecule has 1 nitrogen and oxygen atoms in total.